The van der Waals surface area contributed by atoms with Crippen LogP contribution >= 0.6 is 15.9 Å². The molecule has 2 N–H and O–H groups in total. The maximum absolute atomic E-state index is 12.9. The highest BCUT2D eigenvalue weighted by Crippen LogP contribution is 2.42. The highest BCUT2D eigenvalue weighted by molar-refractivity contribution is 9.10. The lowest BCUT2D eigenvalue weighted by Crippen LogP contribution is -2.46. The monoisotopic (exact) mass is 446 g/mol. The zero-order valence-corrected chi connectivity index (χ0v) is 17.5. The molecular weight excluding hydrogens is 424 g/mol. The van der Waals surface area contributed by atoms with Crippen LogP contribution in [0.1, 0.15) is 56.8 Å². The Morgan fingerprint density at radius 1 is 1.39 bits per heavy atom. The molecule has 148 valence electrons. The molecule has 2 aromatic rings. The Balaban J connectivity index is 1.44. The number of tetrazole rings is 1. The van der Waals surface area contributed by atoms with Crippen molar-refractivity contribution < 1.29 is 9.59 Å². The molecule has 1 unspecified atom stereocenters. The molecule has 0 bridgehead atoms. The minimum Gasteiger partial charge on any atom is -0.352 e. The fourth-order valence-corrected chi connectivity index (χ4v) is 4.64. The summed E-state index contributed by atoms with van der Waals surface area (Å²) in [7, 11) is 0. The predicted molar refractivity (Wildman–Crippen MR) is 107 cm³/mol. The molecular formula is C19H23BrN6O2. The van der Waals surface area contributed by atoms with Gasteiger partial charge in [-0.25, -0.2) is 0 Å². The maximum Gasteiger partial charge on any atom is 0.240 e. The number of hydrogen-bond donors (Lipinski definition) is 2. The van der Waals surface area contributed by atoms with E-state index < -0.39 is 5.41 Å². The number of hydrogen-bond acceptors (Lipinski definition) is 5. The predicted octanol–water partition coefficient (Wildman–Crippen LogP) is 2.43. The van der Waals surface area contributed by atoms with Crippen molar-refractivity contribution in [2.24, 2.45) is 0 Å². The number of aromatic amines is 1. The van der Waals surface area contributed by atoms with Gasteiger partial charge < -0.3 is 10.2 Å². The van der Waals surface area contributed by atoms with E-state index in [1.165, 1.54) is 0 Å². The molecule has 1 saturated carbocycles. The van der Waals surface area contributed by atoms with Crippen LogP contribution in [0.4, 0.5) is 5.69 Å². The van der Waals surface area contributed by atoms with Gasteiger partial charge in [0, 0.05) is 22.1 Å². The van der Waals surface area contributed by atoms with Gasteiger partial charge in [0.1, 0.15) is 6.54 Å². The van der Waals surface area contributed by atoms with Crippen molar-refractivity contribution in [2.45, 2.75) is 56.9 Å². The first-order valence-corrected chi connectivity index (χ1v) is 10.3. The topological polar surface area (TPSA) is 104 Å². The summed E-state index contributed by atoms with van der Waals surface area (Å²) >= 11 is 3.47. The summed E-state index contributed by atoms with van der Waals surface area (Å²) in [6.45, 7) is 3.82. The Morgan fingerprint density at radius 3 is 2.96 bits per heavy atom. The zero-order valence-electron chi connectivity index (χ0n) is 15.9. The van der Waals surface area contributed by atoms with E-state index in [1.807, 2.05) is 32.0 Å². The average molecular weight is 447 g/mol. The summed E-state index contributed by atoms with van der Waals surface area (Å²) in [5, 5.41) is 17.4. The van der Waals surface area contributed by atoms with E-state index in [2.05, 4.69) is 41.9 Å². The maximum atomic E-state index is 12.9. The number of carbonyl (C=O) groups excluding carboxylic acids is 2. The van der Waals surface area contributed by atoms with Crippen molar-refractivity contribution in [2.75, 3.05) is 11.4 Å². The molecule has 1 aromatic heterocycles. The van der Waals surface area contributed by atoms with Gasteiger partial charge in [-0.3, -0.25) is 9.59 Å². The second-order valence-corrected chi connectivity index (χ2v) is 8.99. The van der Waals surface area contributed by atoms with Gasteiger partial charge in [-0.2, -0.15) is 5.21 Å². The van der Waals surface area contributed by atoms with Crippen molar-refractivity contribution in [3.8, 4) is 0 Å². The Bertz CT molecular complexity index is 898. The molecule has 2 amide bonds. The third kappa shape index (κ3) is 3.43. The molecule has 0 saturated heterocycles. The number of rotatable bonds is 4. The van der Waals surface area contributed by atoms with Crippen LogP contribution in [-0.4, -0.2) is 45.0 Å². The van der Waals surface area contributed by atoms with Gasteiger partial charge in [0.15, 0.2) is 5.82 Å². The largest absolute Gasteiger partial charge is 0.352 e. The number of amides is 2. The average Bonchev–Trinajstić information content (AvgIpc) is 3.25. The van der Waals surface area contributed by atoms with Crippen LogP contribution in [0.15, 0.2) is 22.7 Å². The molecule has 2 heterocycles. The van der Waals surface area contributed by atoms with Crippen molar-refractivity contribution in [3.63, 3.8) is 0 Å². The Labute approximate surface area is 171 Å². The van der Waals surface area contributed by atoms with Gasteiger partial charge in [-0.1, -0.05) is 27.6 Å². The van der Waals surface area contributed by atoms with Gasteiger partial charge in [-0.05, 0) is 56.9 Å². The summed E-state index contributed by atoms with van der Waals surface area (Å²) < 4.78 is 0.924. The third-order valence-corrected chi connectivity index (χ3v) is 6.26. The van der Waals surface area contributed by atoms with Crippen LogP contribution in [0.5, 0.6) is 0 Å². The third-order valence-electron chi connectivity index (χ3n) is 5.77. The molecule has 4 rings (SSSR count). The van der Waals surface area contributed by atoms with Crippen molar-refractivity contribution in [3.05, 3.63) is 34.1 Å². The molecule has 9 heteroatoms. The Hall–Kier alpha value is -2.29. The van der Waals surface area contributed by atoms with E-state index >= 15 is 0 Å². The minimum absolute atomic E-state index is 0.0280. The molecule has 1 fully saturated rings. The fraction of sp³-hybridized carbons (Fsp3) is 0.526. The number of benzene rings is 1. The first-order valence-electron chi connectivity index (χ1n) is 9.51. The quantitative estimate of drug-likeness (QED) is 0.750. The number of aromatic nitrogens is 4. The van der Waals surface area contributed by atoms with E-state index in [-0.39, 0.29) is 30.3 Å². The SMILES string of the molecule is CC1(C)C(=O)N(CC(=O)N[C@H]2CCCC(c3nn[nH]n3)C2)c2ccc(Br)cc21. The van der Waals surface area contributed by atoms with Gasteiger partial charge in [0.2, 0.25) is 11.8 Å². The van der Waals surface area contributed by atoms with Crippen LogP contribution in [0, 0.1) is 0 Å². The second-order valence-electron chi connectivity index (χ2n) is 8.08. The minimum atomic E-state index is -0.645. The number of carbonyl (C=O) groups is 2. The molecule has 1 aromatic carbocycles. The number of anilines is 1. The fourth-order valence-electron chi connectivity index (χ4n) is 4.28. The number of fused-ring (bicyclic) bond motifs is 1. The van der Waals surface area contributed by atoms with E-state index in [0.717, 1.165) is 41.4 Å². The summed E-state index contributed by atoms with van der Waals surface area (Å²) in [6, 6.07) is 5.81. The summed E-state index contributed by atoms with van der Waals surface area (Å²) in [5.74, 6) is 0.709. The highest BCUT2D eigenvalue weighted by atomic mass is 79.9. The van der Waals surface area contributed by atoms with Crippen LogP contribution in [-0.2, 0) is 15.0 Å². The van der Waals surface area contributed by atoms with Gasteiger partial charge in [-0.15, -0.1) is 10.2 Å². The molecule has 1 aliphatic heterocycles. The molecule has 2 aliphatic rings. The van der Waals surface area contributed by atoms with E-state index in [9.17, 15) is 9.59 Å². The molecule has 0 spiro atoms. The van der Waals surface area contributed by atoms with E-state index in [4.69, 9.17) is 0 Å². The van der Waals surface area contributed by atoms with Gasteiger partial charge in [0.05, 0.1) is 5.41 Å². The lowest BCUT2D eigenvalue weighted by Gasteiger charge is -2.29. The molecule has 0 radical (unpaired) electrons. The van der Waals surface area contributed by atoms with E-state index in [0.29, 0.717) is 5.82 Å². The van der Waals surface area contributed by atoms with Crippen molar-refractivity contribution in [1.29, 1.82) is 0 Å². The van der Waals surface area contributed by atoms with E-state index in [1.54, 1.807) is 4.90 Å². The molecule has 8 nitrogen and oxygen atoms in total. The van der Waals surface area contributed by atoms with Gasteiger partial charge in [0.25, 0.3) is 0 Å². The van der Waals surface area contributed by atoms with Gasteiger partial charge >= 0.3 is 0 Å². The molecule has 1 aliphatic carbocycles. The van der Waals surface area contributed by atoms with Crippen LogP contribution in [0.2, 0.25) is 0 Å². The number of nitrogens with one attached hydrogen (secondary N) is 2. The summed E-state index contributed by atoms with van der Waals surface area (Å²) in [6.07, 6.45) is 3.70. The normalized spacial score (nSPS) is 23.5. The standard InChI is InChI=1S/C19H23BrN6O2/c1-19(2)14-9-12(20)6-7-15(14)26(18(19)28)10-16(27)21-13-5-3-4-11(8-13)17-22-24-25-23-17/h6-7,9,11,13H,3-5,8,10H2,1-2H3,(H,21,27)(H,22,23,24,25)/t11?,13-/m0/s1. The van der Waals surface area contributed by atoms with Crippen LogP contribution in [0.25, 0.3) is 0 Å². The smallest absolute Gasteiger partial charge is 0.240 e. The highest BCUT2D eigenvalue weighted by Gasteiger charge is 2.44. The van der Waals surface area contributed by atoms with Crippen LogP contribution < -0.4 is 10.2 Å². The first kappa shape index (κ1) is 19.0. The summed E-state index contributed by atoms with van der Waals surface area (Å²) in [4.78, 5) is 27.3. The number of halogens is 1. The second kappa shape index (κ2) is 7.27. The number of H-pyrrole nitrogens is 1. The zero-order chi connectivity index (χ0) is 19.9. The van der Waals surface area contributed by atoms with Crippen molar-refractivity contribution in [1.82, 2.24) is 25.9 Å². The number of nitrogens with zero attached hydrogens (tertiary/aromatic N) is 4. The molecule has 28 heavy (non-hydrogen) atoms. The lowest BCUT2D eigenvalue weighted by atomic mass is 9.85. The summed E-state index contributed by atoms with van der Waals surface area (Å²) in [5.41, 5.74) is 1.10. The Kier molecular flexibility index (Phi) is 4.95. The Morgan fingerprint density at radius 2 is 2.21 bits per heavy atom. The first-order chi connectivity index (χ1) is 13.4. The molecule has 2 atom stereocenters. The lowest BCUT2D eigenvalue weighted by molar-refractivity contribution is -0.126. The van der Waals surface area contributed by atoms with Crippen LogP contribution in [0.3, 0.4) is 0 Å². The van der Waals surface area contributed by atoms with Crippen molar-refractivity contribution >= 4 is 33.4 Å².